The van der Waals surface area contributed by atoms with Crippen LogP contribution in [0.5, 0.6) is 17.2 Å². The van der Waals surface area contributed by atoms with Crippen molar-refractivity contribution in [1.82, 2.24) is 64.1 Å². The monoisotopic (exact) mass is 1710 g/mol. The number of morpholine rings is 3. The molecule has 0 radical (unpaired) electrons. The third-order valence-corrected chi connectivity index (χ3v) is 20.0. The predicted molar refractivity (Wildman–Crippen MR) is 476 cm³/mol. The van der Waals surface area contributed by atoms with Crippen LogP contribution in [0, 0.1) is 0 Å². The fourth-order valence-electron chi connectivity index (χ4n) is 13.2. The number of nitrogens with zero attached hydrogens (tertiary/aromatic N) is 16. The van der Waals surface area contributed by atoms with Crippen LogP contribution in [-0.2, 0) is 49.8 Å². The van der Waals surface area contributed by atoms with Gasteiger partial charge < -0.3 is 79.9 Å². The van der Waals surface area contributed by atoms with Crippen molar-refractivity contribution < 1.29 is 65.6 Å². The van der Waals surface area contributed by atoms with Gasteiger partial charge in [0.05, 0.1) is 129 Å². The maximum absolute atomic E-state index is 12.3. The summed E-state index contributed by atoms with van der Waals surface area (Å²) in [4.78, 5) is 104. The zero-order valence-corrected chi connectivity index (χ0v) is 70.2. The Morgan fingerprint density at radius 3 is 1.15 bits per heavy atom. The summed E-state index contributed by atoms with van der Waals surface area (Å²) in [5.41, 5.74) is 12.4. The van der Waals surface area contributed by atoms with Crippen LogP contribution in [0.4, 0.5) is 63.1 Å². The van der Waals surface area contributed by atoms with E-state index in [4.69, 9.17) is 38.5 Å². The fraction of sp³-hybridized carbons (Fsp3) is 0.216. The van der Waals surface area contributed by atoms with E-state index < -0.39 is 9.84 Å². The first-order valence-electron chi connectivity index (χ1n) is 39.1. The van der Waals surface area contributed by atoms with Crippen molar-refractivity contribution in [2.45, 2.75) is 11.7 Å². The highest BCUT2D eigenvalue weighted by Crippen LogP contribution is 2.42. The maximum atomic E-state index is 12.3. The van der Waals surface area contributed by atoms with E-state index in [-0.39, 0.29) is 34.6 Å². The molecule has 3 aliphatic rings. The summed E-state index contributed by atoms with van der Waals surface area (Å²) < 4.78 is 60.8. The molecular formula is C88H92N22O14S. The van der Waals surface area contributed by atoms with Gasteiger partial charge >= 0.3 is 0 Å². The second-order valence-corrected chi connectivity index (χ2v) is 29.7. The summed E-state index contributed by atoms with van der Waals surface area (Å²) in [5, 5.41) is 31.1. The minimum absolute atomic E-state index is 0.269. The zero-order valence-electron chi connectivity index (χ0n) is 69.4. The number of benzene rings is 6. The van der Waals surface area contributed by atoms with Gasteiger partial charge in [-0.2, -0.15) is 30.2 Å². The van der Waals surface area contributed by atoms with E-state index in [1.807, 2.05) is 129 Å². The number of hydrogen-bond acceptors (Lipinski definition) is 29. The van der Waals surface area contributed by atoms with Crippen molar-refractivity contribution in [3.63, 3.8) is 0 Å². The lowest BCUT2D eigenvalue weighted by atomic mass is 10.1. The molecule has 15 rings (SSSR count). The lowest BCUT2D eigenvalue weighted by molar-refractivity contribution is -0.112. The molecule has 3 fully saturated rings. The Bertz CT molecular complexity index is 5940. The average molecular weight is 1710 g/mol. The Hall–Kier alpha value is -15.2. The first-order chi connectivity index (χ1) is 60.7. The highest BCUT2D eigenvalue weighted by Gasteiger charge is 2.26. The van der Waals surface area contributed by atoms with Gasteiger partial charge in [0, 0.05) is 148 Å². The Balaban J connectivity index is 0.000000157. The molecule has 0 bridgehead atoms. The molecule has 0 atom stereocenters. The van der Waals surface area contributed by atoms with Gasteiger partial charge in [0.15, 0.2) is 30.0 Å². The summed E-state index contributed by atoms with van der Waals surface area (Å²) in [6.45, 7) is 19.1. The molecule has 37 heteroatoms. The zero-order chi connectivity index (χ0) is 88.4. The molecule has 125 heavy (non-hydrogen) atoms. The van der Waals surface area contributed by atoms with E-state index in [0.29, 0.717) is 183 Å². The second kappa shape index (κ2) is 42.9. The Labute approximate surface area is 720 Å². The molecule has 12 aromatic rings. The summed E-state index contributed by atoms with van der Waals surface area (Å²) in [6.07, 6.45) is 16.4. The van der Waals surface area contributed by atoms with Crippen molar-refractivity contribution in [3.05, 3.63) is 237 Å². The number of aromatic nitrogens is 12. The van der Waals surface area contributed by atoms with Crippen LogP contribution in [0.2, 0.25) is 0 Å². The van der Waals surface area contributed by atoms with E-state index in [0.717, 1.165) is 64.1 Å². The van der Waals surface area contributed by atoms with Crippen LogP contribution >= 0.6 is 0 Å². The van der Waals surface area contributed by atoms with Crippen molar-refractivity contribution in [2.24, 2.45) is 0 Å². The van der Waals surface area contributed by atoms with Crippen molar-refractivity contribution >= 4 is 110 Å². The lowest BCUT2D eigenvalue weighted by Crippen LogP contribution is -2.36. The van der Waals surface area contributed by atoms with Crippen molar-refractivity contribution in [2.75, 3.05) is 167 Å². The van der Waals surface area contributed by atoms with Gasteiger partial charge in [-0.3, -0.25) is 28.8 Å². The number of ether oxygens (including phenoxy) is 6. The number of aldehydes is 2. The number of anilines is 11. The molecule has 644 valence electrons. The van der Waals surface area contributed by atoms with Crippen LogP contribution in [-0.4, -0.2) is 230 Å². The maximum Gasteiger partial charge on any atom is 0.248 e. The van der Waals surface area contributed by atoms with Gasteiger partial charge in [0.25, 0.3) is 0 Å². The van der Waals surface area contributed by atoms with Crippen LogP contribution < -0.4 is 60.8 Å². The Kier molecular flexibility index (Phi) is 30.5. The topological polar surface area (TPSA) is 408 Å². The van der Waals surface area contributed by atoms with Crippen LogP contribution in [0.3, 0.4) is 0 Å². The molecule has 36 nitrogen and oxygen atoms in total. The Morgan fingerprint density at radius 2 is 0.800 bits per heavy atom. The minimum Gasteiger partial charge on any atom is -0.494 e. The average Bonchev–Trinajstić information content (AvgIpc) is 1.48. The predicted octanol–water partition coefficient (Wildman–Crippen LogP) is 10.7. The van der Waals surface area contributed by atoms with E-state index >= 15 is 0 Å². The number of amides is 4. The molecule has 0 aliphatic carbocycles. The van der Waals surface area contributed by atoms with E-state index in [1.54, 1.807) is 67.8 Å². The molecule has 3 saturated heterocycles. The largest absolute Gasteiger partial charge is 0.494 e. The van der Waals surface area contributed by atoms with E-state index in [2.05, 4.69) is 106 Å². The summed E-state index contributed by atoms with van der Waals surface area (Å²) in [5.74, 6) is 2.63. The quantitative estimate of drug-likeness (QED) is 0.0144. The molecule has 6 aromatic heterocycles. The van der Waals surface area contributed by atoms with Gasteiger partial charge in [-0.25, -0.2) is 37.4 Å². The minimum atomic E-state index is -3.53. The van der Waals surface area contributed by atoms with Crippen LogP contribution in [0.1, 0.15) is 26.3 Å². The fourth-order valence-corrected chi connectivity index (χ4v) is 13.7. The van der Waals surface area contributed by atoms with E-state index in [9.17, 15) is 37.2 Å². The number of hydrogen-bond donors (Lipinski definition) is 6. The number of sulfone groups is 1. The summed E-state index contributed by atoms with van der Waals surface area (Å²) in [7, 11) is 5.23. The smallest absolute Gasteiger partial charge is 0.248 e. The molecule has 4 amide bonds. The normalized spacial score (nSPS) is 13.0. The third kappa shape index (κ3) is 23.1. The first kappa shape index (κ1) is 89.1. The molecule has 0 saturated carbocycles. The molecule has 0 spiro atoms. The van der Waals surface area contributed by atoms with Gasteiger partial charge in [0.1, 0.15) is 28.6 Å². The standard InChI is InChI=1S/C30H34N8O3.C28H27N7O4.C15H12N4O3S.C15H19N3O4/c1-5-28(39)32-23-17-24(26(40-4)18-25(23)37-13-15-41-16-14-37)33-30-31-12-11-27(34-30)38-20-22(19-36(2)3)29(35-38)21-9-7-6-8-10-21;1-3-26(37)30-21-15-22(24(38-2)16-23(21)34-11-13-39-14-12-34)31-28-29-10-9-25(32-28)35-17-20(18-36)27(33-35)19-7-5-4-6-8-19;1-23(21,22)15-16-8-7-13(17-15)19-9-12(10-20)14(18-19)11-5-3-2-4-6-11;1-3-15(20)17-11-8-12(16-10-19)14(21-2)9-13(11)18-4-6-22-7-5-18/h5-12,17-18,20H,1,13-16,19H2,2-4H3,(H,32,39)(H,31,33,34);3-10,15-18H,1,11-14H2,2H3,(H,30,37)(H,29,31,32);2-10H,1H3;3,8-10H,1,4-7H2,2H3,(H,16,19)(H,17,20). The number of methoxy groups -OCH3 is 3. The van der Waals surface area contributed by atoms with Gasteiger partial charge in [-0.15, -0.1) is 0 Å². The molecule has 6 aromatic carbocycles. The highest BCUT2D eigenvalue weighted by molar-refractivity contribution is 7.90. The van der Waals surface area contributed by atoms with Crippen molar-refractivity contribution in [3.8, 4) is 68.5 Å². The first-order valence-corrected chi connectivity index (χ1v) is 41.0. The molecule has 0 unspecified atom stereocenters. The molecule has 6 N–H and O–H groups in total. The third-order valence-electron chi connectivity index (χ3n) is 19.1. The Morgan fingerprint density at radius 1 is 0.456 bits per heavy atom. The van der Waals surface area contributed by atoms with Gasteiger partial charge in [0.2, 0.25) is 51.0 Å². The van der Waals surface area contributed by atoms with E-state index in [1.165, 1.54) is 53.2 Å². The van der Waals surface area contributed by atoms with Gasteiger partial charge in [-0.05, 0) is 50.5 Å². The summed E-state index contributed by atoms with van der Waals surface area (Å²) >= 11 is 0. The molecule has 3 aliphatic heterocycles. The lowest BCUT2D eigenvalue weighted by Gasteiger charge is -2.31. The second-order valence-electron chi connectivity index (χ2n) is 27.8. The summed E-state index contributed by atoms with van der Waals surface area (Å²) in [6, 6.07) is 44.6. The van der Waals surface area contributed by atoms with Crippen LogP contribution in [0.15, 0.2) is 226 Å². The van der Waals surface area contributed by atoms with Crippen molar-refractivity contribution in [1.29, 1.82) is 0 Å². The number of carbonyl (C=O) groups excluding carboxylic acids is 6. The molecular weight excluding hydrogens is 1620 g/mol. The number of carbonyl (C=O) groups is 6. The van der Waals surface area contributed by atoms with Crippen LogP contribution in [0.25, 0.3) is 51.2 Å². The molecule has 9 heterocycles. The van der Waals surface area contributed by atoms with Gasteiger partial charge in [-0.1, -0.05) is 111 Å². The number of nitrogens with one attached hydrogen (secondary N) is 6. The SMILES string of the molecule is C=CC(=O)Nc1cc(NC=O)c(OC)cc1N1CCOCC1.C=CC(=O)Nc1cc(Nc2nccc(-n3cc(C=O)c(-c4ccccc4)n3)n2)c(OC)cc1N1CCOCC1.C=CC(=O)Nc1cc(Nc2nccc(-n3cc(CN(C)C)c(-c4ccccc4)n3)n2)c(OC)cc1N1CCOCC1.CS(=O)(=O)c1nccc(-n2cc(C=O)c(-c3ccccc3)n2)n1. The highest BCUT2D eigenvalue weighted by atomic mass is 32.2. The number of rotatable bonds is 29.